The van der Waals surface area contributed by atoms with Crippen LogP contribution in [0.1, 0.15) is 12.5 Å². The SMILES string of the molecule is CCOC(=O)C#Cc1cc([N+](=O)[O-])c(F)cc1F. The number of halogens is 2. The van der Waals surface area contributed by atoms with Gasteiger partial charge in [-0.1, -0.05) is 5.92 Å². The van der Waals surface area contributed by atoms with Crippen molar-refractivity contribution in [2.75, 3.05) is 6.61 Å². The van der Waals surface area contributed by atoms with Crippen molar-refractivity contribution in [1.29, 1.82) is 0 Å². The normalized spacial score (nSPS) is 9.28. The molecule has 0 saturated carbocycles. The number of benzene rings is 1. The Morgan fingerprint density at radius 1 is 1.44 bits per heavy atom. The molecule has 0 unspecified atom stereocenters. The number of hydrogen-bond donors (Lipinski definition) is 0. The molecule has 0 saturated heterocycles. The fourth-order valence-electron chi connectivity index (χ4n) is 1.06. The maximum Gasteiger partial charge on any atom is 0.384 e. The average molecular weight is 255 g/mol. The van der Waals surface area contributed by atoms with Crippen LogP contribution in [-0.2, 0) is 9.53 Å². The molecule has 5 nitrogen and oxygen atoms in total. The lowest BCUT2D eigenvalue weighted by molar-refractivity contribution is -0.387. The van der Waals surface area contributed by atoms with Crippen molar-refractivity contribution in [2.24, 2.45) is 0 Å². The molecular formula is C11H7F2NO4. The number of carbonyl (C=O) groups is 1. The van der Waals surface area contributed by atoms with Gasteiger partial charge < -0.3 is 4.74 Å². The first-order valence-electron chi connectivity index (χ1n) is 4.78. The van der Waals surface area contributed by atoms with E-state index in [0.717, 1.165) is 0 Å². The summed E-state index contributed by atoms with van der Waals surface area (Å²) in [5.41, 5.74) is -1.36. The smallest absolute Gasteiger partial charge is 0.384 e. The molecule has 7 heteroatoms. The summed E-state index contributed by atoms with van der Waals surface area (Å²) in [5, 5.41) is 10.4. The van der Waals surface area contributed by atoms with Gasteiger partial charge in [-0.15, -0.1) is 0 Å². The molecule has 0 N–H and O–H groups in total. The first-order valence-corrected chi connectivity index (χ1v) is 4.78. The van der Waals surface area contributed by atoms with Crippen LogP contribution in [0.5, 0.6) is 0 Å². The van der Waals surface area contributed by atoms with E-state index in [1.54, 1.807) is 6.92 Å². The molecule has 0 amide bonds. The largest absolute Gasteiger partial charge is 0.456 e. The quantitative estimate of drug-likeness (QED) is 0.349. The van der Waals surface area contributed by atoms with Gasteiger partial charge in [0.2, 0.25) is 5.82 Å². The number of carbonyl (C=O) groups excluding carboxylic acids is 1. The Balaban J connectivity index is 3.13. The Morgan fingerprint density at radius 3 is 2.67 bits per heavy atom. The number of ether oxygens (including phenoxy) is 1. The van der Waals surface area contributed by atoms with Gasteiger partial charge in [-0.2, -0.15) is 4.39 Å². The minimum atomic E-state index is -1.31. The molecular weight excluding hydrogens is 248 g/mol. The van der Waals surface area contributed by atoms with Crippen LogP contribution in [0, 0.1) is 33.6 Å². The van der Waals surface area contributed by atoms with Gasteiger partial charge in [0.25, 0.3) is 0 Å². The maximum absolute atomic E-state index is 13.2. The van der Waals surface area contributed by atoms with Crippen LogP contribution in [0.2, 0.25) is 0 Å². The molecule has 0 bridgehead atoms. The van der Waals surface area contributed by atoms with Crippen molar-refractivity contribution < 1.29 is 23.2 Å². The standard InChI is InChI=1S/C11H7F2NO4/c1-2-18-11(15)4-3-7-5-10(14(16)17)9(13)6-8(7)12/h5-6H,2H2,1H3. The predicted molar refractivity (Wildman–Crippen MR) is 56.5 cm³/mol. The molecule has 0 aromatic heterocycles. The molecule has 0 heterocycles. The lowest BCUT2D eigenvalue weighted by atomic mass is 10.2. The van der Waals surface area contributed by atoms with Crippen LogP contribution in [0.4, 0.5) is 14.5 Å². The molecule has 94 valence electrons. The summed E-state index contributed by atoms with van der Waals surface area (Å²) >= 11 is 0. The van der Waals surface area contributed by atoms with Crippen LogP contribution >= 0.6 is 0 Å². The third kappa shape index (κ3) is 3.25. The van der Waals surface area contributed by atoms with E-state index >= 15 is 0 Å². The molecule has 18 heavy (non-hydrogen) atoms. The van der Waals surface area contributed by atoms with Crippen molar-refractivity contribution in [1.82, 2.24) is 0 Å². The molecule has 0 radical (unpaired) electrons. The summed E-state index contributed by atoms with van der Waals surface area (Å²) in [7, 11) is 0. The maximum atomic E-state index is 13.2. The minimum Gasteiger partial charge on any atom is -0.456 e. The number of nitro benzene ring substituents is 1. The number of esters is 1. The Bertz CT molecular complexity index is 560. The number of nitro groups is 1. The van der Waals surface area contributed by atoms with Gasteiger partial charge >= 0.3 is 11.7 Å². The van der Waals surface area contributed by atoms with Gasteiger partial charge in [0, 0.05) is 18.1 Å². The van der Waals surface area contributed by atoms with Crippen LogP contribution < -0.4 is 0 Å². The lowest BCUT2D eigenvalue weighted by Gasteiger charge is -1.97. The van der Waals surface area contributed by atoms with E-state index in [1.165, 1.54) is 0 Å². The first-order chi connectivity index (χ1) is 8.45. The molecule has 1 aromatic carbocycles. The number of nitrogens with zero attached hydrogens (tertiary/aromatic N) is 1. The first kappa shape index (κ1) is 13.6. The molecule has 0 aliphatic carbocycles. The average Bonchev–Trinajstić information content (AvgIpc) is 2.27. The van der Waals surface area contributed by atoms with Crippen LogP contribution in [0.25, 0.3) is 0 Å². The highest BCUT2D eigenvalue weighted by molar-refractivity contribution is 5.89. The molecule has 0 atom stereocenters. The minimum absolute atomic E-state index is 0.0968. The van der Waals surface area contributed by atoms with Crippen LogP contribution in [0.15, 0.2) is 12.1 Å². The van der Waals surface area contributed by atoms with E-state index < -0.39 is 33.8 Å². The lowest BCUT2D eigenvalue weighted by Crippen LogP contribution is -2.00. The Kier molecular flexibility index (Phi) is 4.32. The van der Waals surface area contributed by atoms with Gasteiger partial charge in [-0.25, -0.2) is 9.18 Å². The topological polar surface area (TPSA) is 69.4 Å². The van der Waals surface area contributed by atoms with Crippen molar-refractivity contribution in [3.05, 3.63) is 39.4 Å². The van der Waals surface area contributed by atoms with Crippen LogP contribution in [-0.4, -0.2) is 17.5 Å². The van der Waals surface area contributed by atoms with Crippen molar-refractivity contribution in [3.63, 3.8) is 0 Å². The highest BCUT2D eigenvalue weighted by Crippen LogP contribution is 2.20. The van der Waals surface area contributed by atoms with E-state index in [9.17, 15) is 23.7 Å². The molecule has 0 spiro atoms. The monoisotopic (exact) mass is 255 g/mol. The summed E-state index contributed by atoms with van der Waals surface area (Å²) in [4.78, 5) is 20.3. The van der Waals surface area contributed by atoms with Crippen molar-refractivity contribution in [2.45, 2.75) is 6.92 Å². The Hall–Kier alpha value is -2.49. The molecule has 0 aliphatic heterocycles. The fraction of sp³-hybridized carbons (Fsp3) is 0.182. The van der Waals surface area contributed by atoms with Gasteiger partial charge in [-0.05, 0) is 6.92 Å². The summed E-state index contributed by atoms with van der Waals surface area (Å²) in [6.45, 7) is 1.66. The second kappa shape index (κ2) is 5.72. The summed E-state index contributed by atoms with van der Waals surface area (Å²) < 4.78 is 30.7. The van der Waals surface area contributed by atoms with E-state index in [4.69, 9.17) is 0 Å². The zero-order chi connectivity index (χ0) is 13.7. The van der Waals surface area contributed by atoms with Gasteiger partial charge in [0.05, 0.1) is 17.1 Å². The second-order valence-corrected chi connectivity index (χ2v) is 3.01. The van der Waals surface area contributed by atoms with E-state index in [-0.39, 0.29) is 6.61 Å². The zero-order valence-corrected chi connectivity index (χ0v) is 9.20. The highest BCUT2D eigenvalue weighted by Gasteiger charge is 2.17. The third-order valence-electron chi connectivity index (χ3n) is 1.81. The van der Waals surface area contributed by atoms with E-state index in [2.05, 4.69) is 4.74 Å². The highest BCUT2D eigenvalue weighted by atomic mass is 19.1. The van der Waals surface area contributed by atoms with Crippen LogP contribution in [0.3, 0.4) is 0 Å². The Morgan fingerprint density at radius 2 is 2.11 bits per heavy atom. The molecule has 0 fully saturated rings. The van der Waals surface area contributed by atoms with Crippen molar-refractivity contribution in [3.8, 4) is 11.8 Å². The van der Waals surface area contributed by atoms with E-state index in [1.807, 2.05) is 11.8 Å². The number of rotatable bonds is 2. The molecule has 1 rings (SSSR count). The van der Waals surface area contributed by atoms with Crippen molar-refractivity contribution >= 4 is 11.7 Å². The second-order valence-electron chi connectivity index (χ2n) is 3.01. The molecule has 0 aliphatic rings. The van der Waals surface area contributed by atoms with E-state index in [0.29, 0.717) is 12.1 Å². The number of hydrogen-bond acceptors (Lipinski definition) is 4. The predicted octanol–water partition coefficient (Wildman–Crippen LogP) is 1.79. The zero-order valence-electron chi connectivity index (χ0n) is 9.20. The third-order valence-corrected chi connectivity index (χ3v) is 1.81. The summed E-state index contributed by atoms with van der Waals surface area (Å²) in [6.07, 6.45) is 0. The summed E-state index contributed by atoms with van der Waals surface area (Å²) in [6, 6.07) is 0.962. The van der Waals surface area contributed by atoms with Gasteiger partial charge in [0.1, 0.15) is 5.82 Å². The van der Waals surface area contributed by atoms with Gasteiger partial charge in [-0.3, -0.25) is 10.1 Å². The fourth-order valence-corrected chi connectivity index (χ4v) is 1.06. The van der Waals surface area contributed by atoms with Gasteiger partial charge in [0.15, 0.2) is 0 Å². The summed E-state index contributed by atoms with van der Waals surface area (Å²) in [5.74, 6) is 0.686. The molecule has 1 aromatic rings. The Labute approximate surface area is 101 Å².